The first-order valence-electron chi connectivity index (χ1n) is 10.3. The summed E-state index contributed by atoms with van der Waals surface area (Å²) in [4.78, 5) is 18.2. The number of hydrogen-bond donors (Lipinski definition) is 0. The van der Waals surface area contributed by atoms with Crippen LogP contribution in [0.5, 0.6) is 11.5 Å². The Balaban J connectivity index is 1.73. The summed E-state index contributed by atoms with van der Waals surface area (Å²) in [5.74, 6) is 1.48. The topological polar surface area (TPSA) is 78.9 Å². The molecule has 35 heavy (non-hydrogen) atoms. The van der Waals surface area contributed by atoms with Crippen molar-refractivity contribution in [3.63, 3.8) is 0 Å². The number of nitrogens with zero attached hydrogens (tertiary/aromatic N) is 3. The molecule has 0 amide bonds. The molecule has 5 rings (SSSR count). The molecule has 0 spiro atoms. The minimum Gasteiger partial charge on any atom is -0.493 e. The van der Waals surface area contributed by atoms with Gasteiger partial charge in [-0.3, -0.25) is 4.79 Å². The lowest BCUT2D eigenvalue weighted by Crippen LogP contribution is -2.20. The quantitative estimate of drug-likeness (QED) is 0.201. The van der Waals surface area contributed by atoms with Crippen molar-refractivity contribution in [3.05, 3.63) is 84.5 Å². The van der Waals surface area contributed by atoms with Crippen LogP contribution >= 0.6 is 43.5 Å². The molecule has 0 aliphatic heterocycles. The number of hydrogen-bond acceptors (Lipinski definition) is 6. The van der Waals surface area contributed by atoms with Crippen LogP contribution in [0.4, 0.5) is 0 Å². The zero-order valence-corrected chi connectivity index (χ0v) is 22.3. The second kappa shape index (κ2) is 9.49. The van der Waals surface area contributed by atoms with Crippen LogP contribution in [-0.4, -0.2) is 30.1 Å². The van der Waals surface area contributed by atoms with E-state index in [9.17, 15) is 4.79 Å². The fourth-order valence-electron chi connectivity index (χ4n) is 3.68. The van der Waals surface area contributed by atoms with E-state index in [0.717, 1.165) is 9.86 Å². The van der Waals surface area contributed by atoms with Gasteiger partial charge < -0.3 is 13.9 Å². The van der Waals surface area contributed by atoms with Crippen LogP contribution in [0.15, 0.2) is 77.9 Å². The van der Waals surface area contributed by atoms with Gasteiger partial charge in [0.2, 0.25) is 5.82 Å². The van der Waals surface area contributed by atoms with Crippen LogP contribution < -0.4 is 15.0 Å². The highest BCUT2D eigenvalue weighted by molar-refractivity contribution is 9.10. The summed E-state index contributed by atoms with van der Waals surface area (Å²) in [7, 11) is 3.02. The standard InChI is InChI=1S/C25H16Br2ClN3O4/c1-33-19-11-14(21(27)22(28)23(19)34-2)12-29-31-24(30-17-6-4-3-5-16(17)25(31)32)20-10-13-9-15(26)7-8-18(13)35-20/h3-12H,1-2H3. The van der Waals surface area contributed by atoms with Gasteiger partial charge in [0.15, 0.2) is 17.3 Å². The van der Waals surface area contributed by atoms with Crippen LogP contribution in [0.2, 0.25) is 5.02 Å². The van der Waals surface area contributed by atoms with E-state index in [1.807, 2.05) is 30.3 Å². The number of aromatic nitrogens is 2. The van der Waals surface area contributed by atoms with E-state index in [4.69, 9.17) is 30.5 Å². The van der Waals surface area contributed by atoms with E-state index in [1.54, 1.807) is 24.3 Å². The number of furan rings is 1. The second-order valence-corrected chi connectivity index (χ2v) is 9.52. The van der Waals surface area contributed by atoms with Crippen molar-refractivity contribution in [2.75, 3.05) is 14.2 Å². The Kier molecular flexibility index (Phi) is 6.39. The first-order valence-corrected chi connectivity index (χ1v) is 12.2. The molecular formula is C25H16Br2ClN3O4. The van der Waals surface area contributed by atoms with Gasteiger partial charge in [0.1, 0.15) is 10.6 Å². The Labute approximate surface area is 221 Å². The molecule has 10 heteroatoms. The fourth-order valence-corrected chi connectivity index (χ4v) is 4.73. The molecule has 2 heterocycles. The first-order chi connectivity index (χ1) is 16.9. The highest BCUT2D eigenvalue weighted by Gasteiger charge is 2.18. The average Bonchev–Trinajstić information content (AvgIpc) is 3.28. The molecule has 0 unspecified atom stereocenters. The lowest BCUT2D eigenvalue weighted by molar-refractivity contribution is 0.355. The predicted octanol–water partition coefficient (Wildman–Crippen LogP) is 6.89. The summed E-state index contributed by atoms with van der Waals surface area (Å²) >= 11 is 13.4. The molecule has 0 saturated carbocycles. The van der Waals surface area contributed by atoms with Gasteiger partial charge in [0.05, 0.1) is 31.3 Å². The molecule has 0 N–H and O–H groups in total. The molecule has 2 aromatic heterocycles. The molecule has 7 nitrogen and oxygen atoms in total. The summed E-state index contributed by atoms with van der Waals surface area (Å²) in [5, 5.41) is 6.10. The molecule has 0 radical (unpaired) electrons. The zero-order chi connectivity index (χ0) is 24.7. The maximum atomic E-state index is 13.5. The number of rotatable bonds is 5. The van der Waals surface area contributed by atoms with Gasteiger partial charge in [-0.25, -0.2) is 4.98 Å². The minimum atomic E-state index is -0.341. The van der Waals surface area contributed by atoms with Crippen molar-refractivity contribution in [1.82, 2.24) is 9.66 Å². The van der Waals surface area contributed by atoms with Gasteiger partial charge in [0, 0.05) is 19.9 Å². The lowest BCUT2D eigenvalue weighted by Gasteiger charge is -2.12. The molecule has 0 atom stereocenters. The molecular weight excluding hydrogens is 602 g/mol. The largest absolute Gasteiger partial charge is 0.493 e. The van der Waals surface area contributed by atoms with Crippen molar-refractivity contribution in [3.8, 4) is 23.1 Å². The fraction of sp³-hybridized carbons (Fsp3) is 0.0800. The minimum absolute atomic E-state index is 0.264. The van der Waals surface area contributed by atoms with E-state index in [0.29, 0.717) is 48.8 Å². The second-order valence-electron chi connectivity index (χ2n) is 7.44. The van der Waals surface area contributed by atoms with Gasteiger partial charge in [-0.2, -0.15) is 9.78 Å². The first kappa shape index (κ1) is 23.6. The third-order valence-electron chi connectivity index (χ3n) is 5.34. The summed E-state index contributed by atoms with van der Waals surface area (Å²) in [6, 6.07) is 16.3. The molecule has 0 aliphatic rings. The molecule has 0 aliphatic carbocycles. The smallest absolute Gasteiger partial charge is 0.282 e. The van der Waals surface area contributed by atoms with Crippen molar-refractivity contribution < 1.29 is 13.9 Å². The number of fused-ring (bicyclic) bond motifs is 2. The Hall–Kier alpha value is -3.14. The monoisotopic (exact) mass is 615 g/mol. The SMILES string of the molecule is COc1cc(C=Nn2c(-c3cc4cc(Br)ccc4o3)nc3ccccc3c2=O)c(Br)c(Cl)c1OC. The molecule has 0 bridgehead atoms. The number of ether oxygens (including phenoxy) is 2. The third kappa shape index (κ3) is 4.24. The summed E-state index contributed by atoms with van der Waals surface area (Å²) in [6.07, 6.45) is 1.50. The number of benzene rings is 3. The molecule has 5 aromatic rings. The number of halogens is 3. The Morgan fingerprint density at radius 2 is 1.89 bits per heavy atom. The Morgan fingerprint density at radius 1 is 1.09 bits per heavy atom. The van der Waals surface area contributed by atoms with Gasteiger partial charge in [-0.1, -0.05) is 39.7 Å². The highest BCUT2D eigenvalue weighted by atomic mass is 79.9. The Morgan fingerprint density at radius 3 is 2.66 bits per heavy atom. The van der Waals surface area contributed by atoms with Crippen LogP contribution in [0, 0.1) is 0 Å². The van der Waals surface area contributed by atoms with Gasteiger partial charge in [0.25, 0.3) is 5.56 Å². The molecule has 0 saturated heterocycles. The summed E-state index contributed by atoms with van der Waals surface area (Å²) < 4.78 is 19.4. The van der Waals surface area contributed by atoms with Gasteiger partial charge in [-0.05, 0) is 58.4 Å². The maximum absolute atomic E-state index is 13.5. The zero-order valence-electron chi connectivity index (χ0n) is 18.4. The maximum Gasteiger partial charge on any atom is 0.282 e. The van der Waals surface area contributed by atoms with E-state index in [2.05, 4.69) is 37.0 Å². The third-order valence-corrected chi connectivity index (χ3v) is 7.28. The summed E-state index contributed by atoms with van der Waals surface area (Å²) in [6.45, 7) is 0. The van der Waals surface area contributed by atoms with Crippen molar-refractivity contribution in [2.45, 2.75) is 0 Å². The van der Waals surface area contributed by atoms with Crippen molar-refractivity contribution >= 4 is 71.5 Å². The number of para-hydroxylation sites is 1. The van der Waals surface area contributed by atoms with Crippen LogP contribution in [0.25, 0.3) is 33.5 Å². The lowest BCUT2D eigenvalue weighted by atomic mass is 10.2. The molecule has 3 aromatic carbocycles. The van der Waals surface area contributed by atoms with E-state index < -0.39 is 0 Å². The average molecular weight is 618 g/mol. The van der Waals surface area contributed by atoms with Gasteiger partial charge >= 0.3 is 0 Å². The summed E-state index contributed by atoms with van der Waals surface area (Å²) in [5.41, 5.74) is 1.44. The van der Waals surface area contributed by atoms with Crippen LogP contribution in [0.3, 0.4) is 0 Å². The highest BCUT2D eigenvalue weighted by Crippen LogP contribution is 2.41. The van der Waals surface area contributed by atoms with E-state index >= 15 is 0 Å². The van der Waals surface area contributed by atoms with Crippen molar-refractivity contribution in [1.29, 1.82) is 0 Å². The van der Waals surface area contributed by atoms with Crippen LogP contribution in [-0.2, 0) is 0 Å². The van der Waals surface area contributed by atoms with Crippen LogP contribution in [0.1, 0.15) is 5.56 Å². The number of methoxy groups -OCH3 is 2. The van der Waals surface area contributed by atoms with E-state index in [1.165, 1.54) is 25.1 Å². The predicted molar refractivity (Wildman–Crippen MR) is 144 cm³/mol. The normalized spacial score (nSPS) is 11.6. The van der Waals surface area contributed by atoms with Crippen molar-refractivity contribution in [2.24, 2.45) is 5.10 Å². The van der Waals surface area contributed by atoms with Gasteiger partial charge in [-0.15, -0.1) is 0 Å². The molecule has 176 valence electrons. The molecule has 0 fully saturated rings. The Bertz CT molecular complexity index is 1690. The van der Waals surface area contributed by atoms with E-state index in [-0.39, 0.29) is 11.4 Å².